The molecule has 0 nitrogen and oxygen atoms in total. The largest absolute Gasteiger partial charge is 0.175 e. The van der Waals surface area contributed by atoms with Crippen LogP contribution in [-0.2, 0) is 0 Å². The number of rotatable bonds is 2. The van der Waals surface area contributed by atoms with E-state index in [1.165, 1.54) is 44.6 Å². The number of halogens is 1. The summed E-state index contributed by atoms with van der Waals surface area (Å²) in [6, 6.07) is 0. The van der Waals surface area contributed by atoms with E-state index in [-0.39, 0.29) is 0 Å². The zero-order valence-corrected chi connectivity index (χ0v) is 16.8. The molecule has 0 aromatic rings. The SMILES string of the molecule is CC1=C(C)C([Si](C)(Cl)C2C(C)=C(C)C(C)=C2C)C(C)=C1C. The molecular weight excluding hydrogens is 292 g/mol. The van der Waals surface area contributed by atoms with Crippen molar-refractivity contribution < 1.29 is 0 Å². The van der Waals surface area contributed by atoms with Crippen molar-refractivity contribution in [2.75, 3.05) is 0 Å². The summed E-state index contributed by atoms with van der Waals surface area (Å²) < 4.78 is 0. The molecule has 0 saturated heterocycles. The highest BCUT2D eigenvalue weighted by Gasteiger charge is 2.49. The molecule has 0 bridgehead atoms. The van der Waals surface area contributed by atoms with Crippen LogP contribution < -0.4 is 0 Å². The zero-order chi connectivity index (χ0) is 16.3. The summed E-state index contributed by atoms with van der Waals surface area (Å²) in [6.07, 6.45) is 0. The number of hydrogen-bond donors (Lipinski definition) is 0. The normalized spacial score (nSPS) is 22.6. The third kappa shape index (κ3) is 2.24. The third-order valence-corrected chi connectivity index (χ3v) is 11.7. The molecule has 2 aliphatic rings. The summed E-state index contributed by atoms with van der Waals surface area (Å²) in [7, 11) is -2.02. The Morgan fingerprint density at radius 2 is 0.762 bits per heavy atom. The van der Waals surface area contributed by atoms with Crippen LogP contribution in [0, 0.1) is 0 Å². The van der Waals surface area contributed by atoms with E-state index in [0.29, 0.717) is 11.1 Å². The lowest BCUT2D eigenvalue weighted by Gasteiger charge is -2.37. The second-order valence-corrected chi connectivity index (χ2v) is 13.1. The van der Waals surface area contributed by atoms with Gasteiger partial charge in [-0.2, -0.15) is 11.1 Å². The van der Waals surface area contributed by atoms with Crippen molar-refractivity contribution in [2.24, 2.45) is 0 Å². The van der Waals surface area contributed by atoms with Crippen LogP contribution in [-0.4, -0.2) is 7.38 Å². The van der Waals surface area contributed by atoms with Crippen LogP contribution in [0.25, 0.3) is 0 Å². The summed E-state index contributed by atoms with van der Waals surface area (Å²) >= 11 is 7.39. The van der Waals surface area contributed by atoms with E-state index in [1.807, 2.05) is 0 Å². The smallest absolute Gasteiger partial charge is 0.165 e. The fourth-order valence-corrected chi connectivity index (χ4v) is 11.1. The molecule has 2 heteroatoms. The van der Waals surface area contributed by atoms with Gasteiger partial charge in [-0.15, -0.1) is 0 Å². The first-order valence-electron chi connectivity index (χ1n) is 7.92. The van der Waals surface area contributed by atoms with Gasteiger partial charge in [0.15, 0.2) is 7.38 Å². The van der Waals surface area contributed by atoms with Crippen LogP contribution in [0.2, 0.25) is 17.6 Å². The topological polar surface area (TPSA) is 0 Å². The summed E-state index contributed by atoms with van der Waals surface area (Å²) in [5.41, 5.74) is 12.9. The maximum atomic E-state index is 7.39. The molecule has 0 heterocycles. The van der Waals surface area contributed by atoms with Gasteiger partial charge >= 0.3 is 0 Å². The molecule has 116 valence electrons. The Hall–Kier alpha value is -0.533. The lowest BCUT2D eigenvalue weighted by Crippen LogP contribution is -2.37. The molecule has 2 rings (SSSR count). The molecule has 0 unspecified atom stereocenters. The minimum absolute atomic E-state index is 0.479. The maximum absolute atomic E-state index is 7.39. The Morgan fingerprint density at radius 3 is 0.952 bits per heavy atom. The first kappa shape index (κ1) is 16.8. The highest BCUT2D eigenvalue weighted by Crippen LogP contribution is 2.58. The van der Waals surface area contributed by atoms with Crippen LogP contribution >= 0.6 is 11.1 Å². The van der Waals surface area contributed by atoms with Gasteiger partial charge in [-0.1, -0.05) is 28.8 Å². The molecule has 0 atom stereocenters. The zero-order valence-electron chi connectivity index (χ0n) is 15.0. The molecule has 21 heavy (non-hydrogen) atoms. The minimum Gasteiger partial charge on any atom is -0.165 e. The Bertz CT molecular complexity index is 524. The van der Waals surface area contributed by atoms with Crippen LogP contribution in [0.4, 0.5) is 0 Å². The van der Waals surface area contributed by atoms with Crippen LogP contribution in [0.1, 0.15) is 55.4 Å². The highest BCUT2D eigenvalue weighted by molar-refractivity contribution is 7.22. The second kappa shape index (κ2) is 5.28. The molecule has 2 aliphatic carbocycles. The molecule has 0 aromatic carbocycles. The predicted octanol–water partition coefficient (Wildman–Crippen LogP) is 6.91. The van der Waals surface area contributed by atoms with Gasteiger partial charge in [0.05, 0.1) is 0 Å². The van der Waals surface area contributed by atoms with E-state index >= 15 is 0 Å². The van der Waals surface area contributed by atoms with Crippen molar-refractivity contribution in [1.29, 1.82) is 0 Å². The quantitative estimate of drug-likeness (QED) is 0.383. The first-order chi connectivity index (χ1) is 9.53. The second-order valence-electron chi connectivity index (χ2n) is 7.25. The average Bonchev–Trinajstić information content (AvgIpc) is 2.72. The first-order valence-corrected chi connectivity index (χ1v) is 11.6. The highest BCUT2D eigenvalue weighted by atomic mass is 35.6. The molecular formula is C19H29ClSi. The molecule has 0 radical (unpaired) electrons. The van der Waals surface area contributed by atoms with E-state index in [0.717, 1.165) is 0 Å². The van der Waals surface area contributed by atoms with E-state index in [2.05, 4.69) is 61.9 Å². The lowest BCUT2D eigenvalue weighted by atomic mass is 10.1. The number of allylic oxidation sites excluding steroid dienone is 8. The molecule has 0 saturated carbocycles. The monoisotopic (exact) mass is 320 g/mol. The van der Waals surface area contributed by atoms with Crippen LogP contribution in [0.3, 0.4) is 0 Å². The van der Waals surface area contributed by atoms with Gasteiger partial charge in [0.2, 0.25) is 0 Å². The molecule has 0 aliphatic heterocycles. The summed E-state index contributed by atoms with van der Waals surface area (Å²) in [6.45, 7) is 20.6. The van der Waals surface area contributed by atoms with Gasteiger partial charge in [0.25, 0.3) is 0 Å². The standard InChI is InChI=1S/C19H29ClSi/c1-10-11(2)15(6)18(14(10)5)21(9,20)19-16(7)12(3)13(4)17(19)8/h18-19H,1-9H3. The van der Waals surface area contributed by atoms with Gasteiger partial charge in [-0.05, 0) is 77.7 Å². The van der Waals surface area contributed by atoms with Crippen LogP contribution in [0.5, 0.6) is 0 Å². The van der Waals surface area contributed by atoms with E-state index < -0.39 is 7.38 Å². The minimum atomic E-state index is -2.02. The van der Waals surface area contributed by atoms with Crippen molar-refractivity contribution in [3.8, 4) is 0 Å². The summed E-state index contributed by atoms with van der Waals surface area (Å²) in [4.78, 5) is 0. The van der Waals surface area contributed by atoms with Gasteiger partial charge in [0, 0.05) is 11.1 Å². The number of hydrogen-bond acceptors (Lipinski definition) is 0. The Kier molecular flexibility index (Phi) is 4.23. The Balaban J connectivity index is 2.56. The van der Waals surface area contributed by atoms with E-state index in [4.69, 9.17) is 11.1 Å². The van der Waals surface area contributed by atoms with Gasteiger partial charge in [-0.3, -0.25) is 0 Å². The van der Waals surface area contributed by atoms with Crippen molar-refractivity contribution in [3.63, 3.8) is 0 Å². The van der Waals surface area contributed by atoms with Gasteiger partial charge < -0.3 is 0 Å². The fraction of sp³-hybridized carbons (Fsp3) is 0.579. The molecule has 0 fully saturated rings. The molecule has 0 amide bonds. The predicted molar refractivity (Wildman–Crippen MR) is 98.5 cm³/mol. The van der Waals surface area contributed by atoms with E-state index in [9.17, 15) is 0 Å². The maximum Gasteiger partial charge on any atom is 0.175 e. The van der Waals surface area contributed by atoms with Gasteiger partial charge in [-0.25, -0.2) is 0 Å². The molecule has 0 spiro atoms. The summed E-state index contributed by atoms with van der Waals surface area (Å²) in [5.74, 6) is 0. The Morgan fingerprint density at radius 1 is 0.571 bits per heavy atom. The van der Waals surface area contributed by atoms with Crippen molar-refractivity contribution in [1.82, 2.24) is 0 Å². The third-order valence-electron chi connectivity index (χ3n) is 6.35. The Labute approximate surface area is 136 Å². The van der Waals surface area contributed by atoms with Crippen molar-refractivity contribution in [3.05, 3.63) is 44.6 Å². The van der Waals surface area contributed by atoms with E-state index in [1.54, 1.807) is 0 Å². The van der Waals surface area contributed by atoms with Crippen molar-refractivity contribution in [2.45, 2.75) is 73.0 Å². The summed E-state index contributed by atoms with van der Waals surface area (Å²) in [5, 5.41) is 0. The van der Waals surface area contributed by atoms with Crippen LogP contribution in [0.15, 0.2) is 44.6 Å². The van der Waals surface area contributed by atoms with Gasteiger partial charge in [0.1, 0.15) is 0 Å². The van der Waals surface area contributed by atoms with Crippen molar-refractivity contribution >= 4 is 18.5 Å². The molecule has 0 N–H and O–H groups in total. The lowest BCUT2D eigenvalue weighted by molar-refractivity contribution is 0.998. The molecule has 0 aromatic heterocycles. The fourth-order valence-electron chi connectivity index (χ4n) is 4.56. The average molecular weight is 321 g/mol.